The van der Waals surface area contributed by atoms with Gasteiger partial charge < -0.3 is 5.32 Å². The number of rotatable bonds is 3. The highest BCUT2D eigenvalue weighted by atomic mass is 32.2. The zero-order valence-corrected chi connectivity index (χ0v) is 11.3. The summed E-state index contributed by atoms with van der Waals surface area (Å²) in [7, 11) is 0. The summed E-state index contributed by atoms with van der Waals surface area (Å²) in [5, 5.41) is 5.13. The number of nitrogens with zero attached hydrogens (tertiary/aromatic N) is 2. The minimum atomic E-state index is -0.306. The van der Waals surface area contributed by atoms with E-state index in [0.29, 0.717) is 9.99 Å². The molecule has 7 heteroatoms. The highest BCUT2D eigenvalue weighted by Gasteiger charge is 2.27. The minimum absolute atomic E-state index is 0.158. The molecule has 0 unspecified atom stereocenters. The molecule has 1 saturated carbocycles. The van der Waals surface area contributed by atoms with Gasteiger partial charge in [-0.1, -0.05) is 0 Å². The van der Waals surface area contributed by atoms with Crippen LogP contribution in [0.25, 0.3) is 4.96 Å². The molecule has 0 atom stereocenters. The van der Waals surface area contributed by atoms with Crippen molar-refractivity contribution in [1.29, 1.82) is 0 Å². The third-order valence-corrected chi connectivity index (χ3v) is 4.20. The molecular formula is C11H11N3O2S2. The van der Waals surface area contributed by atoms with Crippen LogP contribution in [0.15, 0.2) is 21.4 Å². The fourth-order valence-corrected chi connectivity index (χ4v) is 3.01. The zero-order valence-electron chi connectivity index (χ0n) is 9.67. The Morgan fingerprint density at radius 2 is 2.39 bits per heavy atom. The fraction of sp³-hybridized carbons (Fsp3) is 0.364. The summed E-state index contributed by atoms with van der Waals surface area (Å²) in [4.78, 5) is 29.3. The number of thiazole rings is 1. The van der Waals surface area contributed by atoms with Crippen LogP contribution in [0.2, 0.25) is 0 Å². The molecule has 2 heterocycles. The molecule has 18 heavy (non-hydrogen) atoms. The molecule has 1 aliphatic rings. The Kier molecular flexibility index (Phi) is 2.87. The average Bonchev–Trinajstić information content (AvgIpc) is 3.03. The first-order chi connectivity index (χ1) is 8.70. The first-order valence-electron chi connectivity index (χ1n) is 5.55. The van der Waals surface area contributed by atoms with E-state index >= 15 is 0 Å². The Labute approximate surface area is 111 Å². The van der Waals surface area contributed by atoms with Crippen LogP contribution in [0, 0.1) is 0 Å². The Balaban J connectivity index is 2.15. The van der Waals surface area contributed by atoms with Gasteiger partial charge in [0.2, 0.25) is 0 Å². The highest BCUT2D eigenvalue weighted by Crippen LogP contribution is 2.22. The lowest BCUT2D eigenvalue weighted by Gasteiger charge is -2.06. The molecule has 3 rings (SSSR count). The molecule has 0 bridgehead atoms. The van der Waals surface area contributed by atoms with Gasteiger partial charge in [-0.25, -0.2) is 4.98 Å². The van der Waals surface area contributed by atoms with E-state index in [-0.39, 0.29) is 23.1 Å². The van der Waals surface area contributed by atoms with Gasteiger partial charge in [0.25, 0.3) is 11.5 Å². The zero-order chi connectivity index (χ0) is 12.7. The summed E-state index contributed by atoms with van der Waals surface area (Å²) in [5.41, 5.74) is -0.131. The molecule has 0 saturated heterocycles. The summed E-state index contributed by atoms with van der Waals surface area (Å²) < 4.78 is 1.42. The van der Waals surface area contributed by atoms with Gasteiger partial charge in [-0.05, 0) is 19.1 Å². The lowest BCUT2D eigenvalue weighted by atomic mass is 10.3. The van der Waals surface area contributed by atoms with Gasteiger partial charge in [-0.3, -0.25) is 14.0 Å². The minimum Gasteiger partial charge on any atom is -0.349 e. The maximum Gasteiger partial charge on any atom is 0.272 e. The normalized spacial score (nSPS) is 14.9. The summed E-state index contributed by atoms with van der Waals surface area (Å²) in [6.45, 7) is 0. The van der Waals surface area contributed by atoms with Crippen molar-refractivity contribution in [2.45, 2.75) is 23.9 Å². The Morgan fingerprint density at radius 3 is 3.06 bits per heavy atom. The highest BCUT2D eigenvalue weighted by molar-refractivity contribution is 7.98. The Morgan fingerprint density at radius 1 is 1.61 bits per heavy atom. The number of fused-ring (bicyclic) bond motifs is 1. The van der Waals surface area contributed by atoms with Crippen molar-refractivity contribution in [3.05, 3.63) is 27.5 Å². The van der Waals surface area contributed by atoms with Gasteiger partial charge in [0, 0.05) is 17.6 Å². The van der Waals surface area contributed by atoms with E-state index < -0.39 is 0 Å². The fourth-order valence-electron chi connectivity index (χ4n) is 1.69. The van der Waals surface area contributed by atoms with Crippen LogP contribution in [0.3, 0.4) is 0 Å². The van der Waals surface area contributed by atoms with Gasteiger partial charge >= 0.3 is 0 Å². The number of carbonyl (C=O) groups is 1. The standard InChI is InChI=1S/C11H11N3O2S2/c1-17-9-7(8(15)12-6-2-3-6)10(16)14-4-5-18-11(14)13-9/h4-6H,2-3H2,1H3,(H,12,15). The molecule has 0 aliphatic heterocycles. The van der Waals surface area contributed by atoms with Crippen LogP contribution in [0.5, 0.6) is 0 Å². The lowest BCUT2D eigenvalue weighted by Crippen LogP contribution is -2.33. The maximum absolute atomic E-state index is 12.3. The second kappa shape index (κ2) is 4.40. The topological polar surface area (TPSA) is 63.5 Å². The van der Waals surface area contributed by atoms with Gasteiger partial charge in [0.1, 0.15) is 10.6 Å². The van der Waals surface area contributed by atoms with E-state index in [4.69, 9.17) is 0 Å². The van der Waals surface area contributed by atoms with Crippen LogP contribution in [-0.2, 0) is 0 Å². The number of carbonyl (C=O) groups excluding carboxylic acids is 1. The maximum atomic E-state index is 12.3. The van der Waals surface area contributed by atoms with E-state index in [9.17, 15) is 9.59 Å². The number of nitrogens with one attached hydrogen (secondary N) is 1. The predicted octanol–water partition coefficient (Wildman–Crippen LogP) is 1.37. The van der Waals surface area contributed by atoms with Gasteiger partial charge in [0.05, 0.1) is 0 Å². The molecule has 94 valence electrons. The third kappa shape index (κ3) is 1.93. The summed E-state index contributed by atoms with van der Waals surface area (Å²) in [6.07, 6.45) is 5.46. The molecule has 2 aromatic heterocycles. The number of thioether (sulfide) groups is 1. The van der Waals surface area contributed by atoms with E-state index in [0.717, 1.165) is 12.8 Å². The van der Waals surface area contributed by atoms with E-state index in [2.05, 4.69) is 10.3 Å². The number of hydrogen-bond donors (Lipinski definition) is 1. The molecule has 0 aromatic carbocycles. The number of amides is 1. The molecule has 0 radical (unpaired) electrons. The van der Waals surface area contributed by atoms with Crippen LogP contribution in [0.1, 0.15) is 23.2 Å². The van der Waals surface area contributed by atoms with Crippen LogP contribution >= 0.6 is 23.1 Å². The molecule has 1 N–H and O–H groups in total. The molecular weight excluding hydrogens is 270 g/mol. The van der Waals surface area contributed by atoms with Crippen molar-refractivity contribution < 1.29 is 4.79 Å². The summed E-state index contributed by atoms with van der Waals surface area (Å²) in [6, 6.07) is 0.231. The van der Waals surface area contributed by atoms with Crippen molar-refractivity contribution in [1.82, 2.24) is 14.7 Å². The first kappa shape index (κ1) is 11.7. The second-order valence-corrected chi connectivity index (χ2v) is 5.77. The van der Waals surface area contributed by atoms with E-state index in [1.54, 1.807) is 11.6 Å². The van der Waals surface area contributed by atoms with Crippen molar-refractivity contribution in [3.8, 4) is 0 Å². The second-order valence-electron chi connectivity index (χ2n) is 4.10. The first-order valence-corrected chi connectivity index (χ1v) is 7.66. The monoisotopic (exact) mass is 281 g/mol. The summed E-state index contributed by atoms with van der Waals surface area (Å²) >= 11 is 2.71. The lowest BCUT2D eigenvalue weighted by molar-refractivity contribution is 0.0945. The van der Waals surface area contributed by atoms with Crippen LogP contribution < -0.4 is 10.9 Å². The van der Waals surface area contributed by atoms with E-state index in [1.165, 1.54) is 27.5 Å². The molecule has 0 spiro atoms. The van der Waals surface area contributed by atoms with Crippen LogP contribution in [-0.4, -0.2) is 27.6 Å². The Bertz CT molecular complexity index is 672. The molecule has 1 fully saturated rings. The quantitative estimate of drug-likeness (QED) is 0.682. The molecule has 5 nitrogen and oxygen atoms in total. The number of aromatic nitrogens is 2. The third-order valence-electron chi connectivity index (χ3n) is 2.77. The van der Waals surface area contributed by atoms with Gasteiger partial charge in [0.15, 0.2) is 4.96 Å². The van der Waals surface area contributed by atoms with Crippen LogP contribution in [0.4, 0.5) is 0 Å². The van der Waals surface area contributed by atoms with Crippen molar-refractivity contribution in [3.63, 3.8) is 0 Å². The van der Waals surface area contributed by atoms with Gasteiger partial charge in [-0.2, -0.15) is 0 Å². The summed E-state index contributed by atoms with van der Waals surface area (Å²) in [5.74, 6) is -0.306. The SMILES string of the molecule is CSc1nc2sccn2c(=O)c1C(=O)NC1CC1. The molecule has 2 aromatic rings. The predicted molar refractivity (Wildman–Crippen MR) is 71.6 cm³/mol. The average molecular weight is 281 g/mol. The van der Waals surface area contributed by atoms with Crippen molar-refractivity contribution in [2.75, 3.05) is 6.26 Å². The van der Waals surface area contributed by atoms with Crippen molar-refractivity contribution in [2.24, 2.45) is 0 Å². The Hall–Kier alpha value is -1.34. The largest absolute Gasteiger partial charge is 0.349 e. The van der Waals surface area contributed by atoms with Gasteiger partial charge in [-0.15, -0.1) is 23.1 Å². The number of hydrogen-bond acceptors (Lipinski definition) is 5. The smallest absolute Gasteiger partial charge is 0.272 e. The molecule has 1 amide bonds. The van der Waals surface area contributed by atoms with Crippen molar-refractivity contribution >= 4 is 34.0 Å². The van der Waals surface area contributed by atoms with E-state index in [1.807, 2.05) is 6.26 Å². The molecule has 1 aliphatic carbocycles.